The van der Waals surface area contributed by atoms with E-state index in [1.54, 1.807) is 22.9 Å². The number of hydrogen-bond donors (Lipinski definition) is 2. The largest absolute Gasteiger partial charge is 0.409 e. The predicted molar refractivity (Wildman–Crippen MR) is 47.7 cm³/mol. The minimum absolute atomic E-state index is 0.0665. The minimum Gasteiger partial charge on any atom is -0.409 e. The number of nitrogens with zero attached hydrogens (tertiary/aromatic N) is 3. The second-order valence-electron chi connectivity index (χ2n) is 2.57. The van der Waals surface area contributed by atoms with E-state index in [2.05, 4.69) is 10.1 Å². The number of imidazole rings is 1. The van der Waals surface area contributed by atoms with Crippen molar-refractivity contribution in [2.45, 2.75) is 0 Å². The van der Waals surface area contributed by atoms with Crippen LogP contribution in [0.2, 0.25) is 0 Å². The van der Waals surface area contributed by atoms with E-state index in [1.807, 2.05) is 12.3 Å². The summed E-state index contributed by atoms with van der Waals surface area (Å²) in [4.78, 5) is 4.08. The van der Waals surface area contributed by atoms with Crippen LogP contribution in [0.1, 0.15) is 5.56 Å². The Bertz CT molecular complexity index is 460. The molecule has 2 aromatic heterocycles. The maximum Gasteiger partial charge on any atom is 0.173 e. The molecule has 0 aromatic carbocycles. The lowest BCUT2D eigenvalue weighted by molar-refractivity contribution is 0.318. The first kappa shape index (κ1) is 7.60. The summed E-state index contributed by atoms with van der Waals surface area (Å²) in [6, 6.07) is 3.56. The summed E-state index contributed by atoms with van der Waals surface area (Å²) >= 11 is 0. The van der Waals surface area contributed by atoms with Gasteiger partial charge in [-0.1, -0.05) is 5.16 Å². The van der Waals surface area contributed by atoms with Gasteiger partial charge in [0.25, 0.3) is 0 Å². The molecule has 2 aromatic rings. The van der Waals surface area contributed by atoms with Gasteiger partial charge in [0.1, 0.15) is 5.65 Å². The molecule has 3 N–H and O–H groups in total. The van der Waals surface area contributed by atoms with Crippen LogP contribution in [0.4, 0.5) is 0 Å². The molecule has 66 valence electrons. The van der Waals surface area contributed by atoms with Crippen LogP contribution >= 0.6 is 0 Å². The highest BCUT2D eigenvalue weighted by Crippen LogP contribution is 2.07. The van der Waals surface area contributed by atoms with E-state index in [0.717, 1.165) is 0 Å². The van der Waals surface area contributed by atoms with E-state index < -0.39 is 0 Å². The SMILES string of the molecule is NC(=NO)c1cccn2ccnc12. The third kappa shape index (κ3) is 1.10. The Kier molecular flexibility index (Phi) is 1.63. The maximum absolute atomic E-state index is 8.51. The Morgan fingerprint density at radius 2 is 2.38 bits per heavy atom. The van der Waals surface area contributed by atoms with Gasteiger partial charge in [0.05, 0.1) is 5.56 Å². The lowest BCUT2D eigenvalue weighted by atomic mass is 10.2. The number of oxime groups is 1. The van der Waals surface area contributed by atoms with Gasteiger partial charge < -0.3 is 15.3 Å². The van der Waals surface area contributed by atoms with E-state index in [-0.39, 0.29) is 5.84 Å². The monoisotopic (exact) mass is 176 g/mol. The number of rotatable bonds is 1. The summed E-state index contributed by atoms with van der Waals surface area (Å²) < 4.78 is 1.80. The van der Waals surface area contributed by atoms with Crippen molar-refractivity contribution in [1.29, 1.82) is 0 Å². The lowest BCUT2D eigenvalue weighted by Crippen LogP contribution is -2.14. The van der Waals surface area contributed by atoms with Crippen LogP contribution in [-0.2, 0) is 0 Å². The topological polar surface area (TPSA) is 75.9 Å². The molecule has 0 saturated carbocycles. The number of pyridine rings is 1. The lowest BCUT2D eigenvalue weighted by Gasteiger charge is -1.99. The second kappa shape index (κ2) is 2.78. The van der Waals surface area contributed by atoms with Gasteiger partial charge in [0.15, 0.2) is 5.84 Å². The van der Waals surface area contributed by atoms with Crippen LogP contribution in [-0.4, -0.2) is 20.4 Å². The van der Waals surface area contributed by atoms with Crippen molar-refractivity contribution in [1.82, 2.24) is 9.38 Å². The molecule has 0 amide bonds. The molecule has 2 rings (SSSR count). The molecular formula is C8H8N4O. The Morgan fingerprint density at radius 3 is 3.15 bits per heavy atom. The average Bonchev–Trinajstić information content (AvgIpc) is 2.63. The maximum atomic E-state index is 8.51. The summed E-state index contributed by atoms with van der Waals surface area (Å²) in [6.07, 6.45) is 5.30. The predicted octanol–water partition coefficient (Wildman–Crippen LogP) is 0.429. The summed E-state index contributed by atoms with van der Waals surface area (Å²) in [5.74, 6) is 0.0665. The molecule has 0 saturated heterocycles. The molecular weight excluding hydrogens is 168 g/mol. The van der Waals surface area contributed by atoms with E-state index >= 15 is 0 Å². The standard InChI is InChI=1S/C8H8N4O/c9-7(11-13)6-2-1-4-12-5-3-10-8(6)12/h1-5,13H,(H2,9,11). The summed E-state index contributed by atoms with van der Waals surface area (Å²) in [7, 11) is 0. The van der Waals surface area contributed by atoms with E-state index in [1.165, 1.54) is 0 Å². The minimum atomic E-state index is 0.0665. The molecule has 0 aliphatic rings. The first-order valence-electron chi connectivity index (χ1n) is 3.72. The Balaban J connectivity index is 2.75. The number of amidine groups is 1. The zero-order valence-corrected chi connectivity index (χ0v) is 6.75. The fraction of sp³-hybridized carbons (Fsp3) is 0. The van der Waals surface area contributed by atoms with Gasteiger partial charge in [-0.3, -0.25) is 0 Å². The Hall–Kier alpha value is -2.04. The van der Waals surface area contributed by atoms with Gasteiger partial charge >= 0.3 is 0 Å². The highest BCUT2D eigenvalue weighted by atomic mass is 16.4. The van der Waals surface area contributed by atoms with Crippen LogP contribution in [0.25, 0.3) is 5.65 Å². The van der Waals surface area contributed by atoms with Gasteiger partial charge in [-0.25, -0.2) is 4.98 Å². The quantitative estimate of drug-likeness (QED) is 0.286. The van der Waals surface area contributed by atoms with Crippen molar-refractivity contribution < 1.29 is 5.21 Å². The first-order valence-corrected chi connectivity index (χ1v) is 3.72. The number of fused-ring (bicyclic) bond motifs is 1. The third-order valence-electron chi connectivity index (χ3n) is 1.80. The van der Waals surface area contributed by atoms with Gasteiger partial charge in [-0.05, 0) is 12.1 Å². The van der Waals surface area contributed by atoms with Gasteiger partial charge in [0.2, 0.25) is 0 Å². The van der Waals surface area contributed by atoms with Crippen molar-refractivity contribution >= 4 is 11.5 Å². The molecule has 0 aliphatic carbocycles. The molecule has 0 atom stereocenters. The van der Waals surface area contributed by atoms with Crippen LogP contribution in [0, 0.1) is 0 Å². The smallest absolute Gasteiger partial charge is 0.173 e. The van der Waals surface area contributed by atoms with Gasteiger partial charge in [-0.2, -0.15) is 0 Å². The molecule has 0 radical (unpaired) electrons. The van der Waals surface area contributed by atoms with Gasteiger partial charge in [-0.15, -0.1) is 0 Å². The Labute approximate surface area is 74.1 Å². The van der Waals surface area contributed by atoms with Crippen molar-refractivity contribution in [2.24, 2.45) is 10.9 Å². The third-order valence-corrected chi connectivity index (χ3v) is 1.80. The highest BCUT2D eigenvalue weighted by molar-refractivity contribution is 6.02. The van der Waals surface area contributed by atoms with Crippen molar-refractivity contribution in [3.05, 3.63) is 36.3 Å². The summed E-state index contributed by atoms with van der Waals surface area (Å²) in [5, 5.41) is 11.4. The molecule has 0 unspecified atom stereocenters. The van der Waals surface area contributed by atoms with Crippen LogP contribution in [0.3, 0.4) is 0 Å². The molecule has 0 spiro atoms. The van der Waals surface area contributed by atoms with Gasteiger partial charge in [0, 0.05) is 18.6 Å². The van der Waals surface area contributed by atoms with Crippen molar-refractivity contribution in [3.63, 3.8) is 0 Å². The molecule has 0 fully saturated rings. The second-order valence-corrected chi connectivity index (χ2v) is 2.57. The molecule has 5 heteroatoms. The number of hydrogen-bond acceptors (Lipinski definition) is 3. The number of aromatic nitrogens is 2. The summed E-state index contributed by atoms with van der Waals surface area (Å²) in [6.45, 7) is 0. The zero-order chi connectivity index (χ0) is 9.26. The normalized spacial score (nSPS) is 12.2. The first-order chi connectivity index (χ1) is 6.33. The highest BCUT2D eigenvalue weighted by Gasteiger charge is 2.05. The molecule has 0 aliphatic heterocycles. The molecule has 13 heavy (non-hydrogen) atoms. The Morgan fingerprint density at radius 1 is 1.54 bits per heavy atom. The van der Waals surface area contributed by atoms with E-state index in [9.17, 15) is 0 Å². The van der Waals surface area contributed by atoms with Crippen molar-refractivity contribution in [2.75, 3.05) is 0 Å². The van der Waals surface area contributed by atoms with Crippen LogP contribution in [0.15, 0.2) is 35.9 Å². The van der Waals surface area contributed by atoms with Crippen LogP contribution < -0.4 is 5.73 Å². The molecule has 5 nitrogen and oxygen atoms in total. The number of nitrogens with two attached hydrogens (primary N) is 1. The van der Waals surface area contributed by atoms with E-state index in [4.69, 9.17) is 10.9 Å². The molecule has 0 bridgehead atoms. The zero-order valence-electron chi connectivity index (χ0n) is 6.75. The van der Waals surface area contributed by atoms with E-state index in [0.29, 0.717) is 11.2 Å². The summed E-state index contributed by atoms with van der Waals surface area (Å²) in [5.41, 5.74) is 6.77. The average molecular weight is 176 g/mol. The fourth-order valence-electron chi connectivity index (χ4n) is 1.20. The van der Waals surface area contributed by atoms with Crippen LogP contribution in [0.5, 0.6) is 0 Å². The fourth-order valence-corrected chi connectivity index (χ4v) is 1.20. The van der Waals surface area contributed by atoms with Crippen molar-refractivity contribution in [3.8, 4) is 0 Å². The molecule has 2 heterocycles.